The Bertz CT molecular complexity index is 568. The van der Waals surface area contributed by atoms with Gasteiger partial charge in [-0.1, -0.05) is 12.1 Å². The highest BCUT2D eigenvalue weighted by atomic mass is 19.1. The van der Waals surface area contributed by atoms with E-state index >= 15 is 0 Å². The van der Waals surface area contributed by atoms with Crippen LogP contribution in [-0.4, -0.2) is 29.8 Å². The van der Waals surface area contributed by atoms with Crippen molar-refractivity contribution in [3.8, 4) is 0 Å². The number of ether oxygens (including phenoxy) is 1. The zero-order chi connectivity index (χ0) is 15.1. The maximum Gasteiger partial charge on any atom is 0.203 e. The van der Waals surface area contributed by atoms with Gasteiger partial charge in [0.15, 0.2) is 0 Å². The Morgan fingerprint density at radius 2 is 2.24 bits per heavy atom. The lowest BCUT2D eigenvalue weighted by atomic mass is 10.1. The van der Waals surface area contributed by atoms with Gasteiger partial charge in [-0.25, -0.2) is 9.37 Å². The quantitative estimate of drug-likeness (QED) is 0.760. The standard InChI is InChI=1S/C16H22FN3O/c1-13-12-20(9-4-10-21-2)16(19-13)18-8-7-14-5-3-6-15(17)11-14/h3,5-6,11-12H,4,7-10H2,1-2H3,(H,18,19). The lowest BCUT2D eigenvalue weighted by molar-refractivity contribution is 0.190. The third-order valence-electron chi connectivity index (χ3n) is 3.23. The van der Waals surface area contributed by atoms with E-state index in [0.717, 1.165) is 49.7 Å². The lowest BCUT2D eigenvalue weighted by Gasteiger charge is -2.09. The monoisotopic (exact) mass is 291 g/mol. The van der Waals surface area contributed by atoms with Gasteiger partial charge in [0.1, 0.15) is 5.82 Å². The Balaban J connectivity index is 1.87. The van der Waals surface area contributed by atoms with E-state index in [1.54, 1.807) is 19.2 Å². The number of nitrogens with zero attached hydrogens (tertiary/aromatic N) is 2. The van der Waals surface area contributed by atoms with Crippen LogP contribution in [0.1, 0.15) is 17.7 Å². The third-order valence-corrected chi connectivity index (χ3v) is 3.23. The fraction of sp³-hybridized carbons (Fsp3) is 0.438. The van der Waals surface area contributed by atoms with Crippen LogP contribution in [0.2, 0.25) is 0 Å². The summed E-state index contributed by atoms with van der Waals surface area (Å²) in [6, 6.07) is 6.70. The molecule has 0 aliphatic rings. The molecule has 0 unspecified atom stereocenters. The number of aryl methyl sites for hydroxylation is 2. The summed E-state index contributed by atoms with van der Waals surface area (Å²) >= 11 is 0. The summed E-state index contributed by atoms with van der Waals surface area (Å²) in [7, 11) is 1.71. The first-order valence-electron chi connectivity index (χ1n) is 7.20. The molecule has 0 saturated heterocycles. The Hall–Kier alpha value is -1.88. The first-order chi connectivity index (χ1) is 10.2. The number of imidazole rings is 1. The number of methoxy groups -OCH3 is 1. The number of halogens is 1. The molecule has 21 heavy (non-hydrogen) atoms. The number of hydrogen-bond acceptors (Lipinski definition) is 3. The van der Waals surface area contributed by atoms with Crippen LogP contribution >= 0.6 is 0 Å². The number of benzene rings is 1. The van der Waals surface area contributed by atoms with Gasteiger partial charge in [0.05, 0.1) is 5.69 Å². The van der Waals surface area contributed by atoms with E-state index in [1.807, 2.05) is 19.2 Å². The third kappa shape index (κ3) is 4.86. The van der Waals surface area contributed by atoms with Crippen LogP contribution in [0.25, 0.3) is 0 Å². The number of rotatable bonds is 8. The Kier molecular flexibility index (Phi) is 5.75. The van der Waals surface area contributed by atoms with Crippen LogP contribution in [0, 0.1) is 12.7 Å². The number of aromatic nitrogens is 2. The molecule has 1 N–H and O–H groups in total. The summed E-state index contributed by atoms with van der Waals surface area (Å²) in [6.07, 6.45) is 3.74. The molecule has 1 aromatic carbocycles. The minimum atomic E-state index is -0.190. The molecule has 2 aromatic rings. The van der Waals surface area contributed by atoms with Crippen molar-refractivity contribution in [1.82, 2.24) is 9.55 Å². The van der Waals surface area contributed by atoms with Crippen molar-refractivity contribution in [3.05, 3.63) is 47.5 Å². The highest BCUT2D eigenvalue weighted by Gasteiger charge is 2.05. The molecule has 0 spiro atoms. The van der Waals surface area contributed by atoms with Crippen LogP contribution in [0.5, 0.6) is 0 Å². The second kappa shape index (κ2) is 7.78. The van der Waals surface area contributed by atoms with Crippen LogP contribution in [0.15, 0.2) is 30.5 Å². The summed E-state index contributed by atoms with van der Waals surface area (Å²) in [6.45, 7) is 4.31. The van der Waals surface area contributed by atoms with Gasteiger partial charge in [0.2, 0.25) is 5.95 Å². The number of hydrogen-bond donors (Lipinski definition) is 1. The van der Waals surface area contributed by atoms with E-state index in [0.29, 0.717) is 0 Å². The second-order valence-electron chi connectivity index (χ2n) is 5.05. The Morgan fingerprint density at radius 3 is 3.00 bits per heavy atom. The van der Waals surface area contributed by atoms with Crippen molar-refractivity contribution in [2.75, 3.05) is 25.6 Å². The van der Waals surface area contributed by atoms with Gasteiger partial charge < -0.3 is 14.6 Å². The summed E-state index contributed by atoms with van der Waals surface area (Å²) in [5, 5.41) is 3.32. The fourth-order valence-electron chi connectivity index (χ4n) is 2.25. The first kappa shape index (κ1) is 15.5. The van der Waals surface area contributed by atoms with E-state index in [1.165, 1.54) is 6.07 Å². The summed E-state index contributed by atoms with van der Waals surface area (Å²) in [5.74, 6) is 0.671. The van der Waals surface area contributed by atoms with Gasteiger partial charge in [-0.3, -0.25) is 0 Å². The molecule has 4 nitrogen and oxygen atoms in total. The molecule has 114 valence electrons. The van der Waals surface area contributed by atoms with Crippen molar-refractivity contribution in [2.24, 2.45) is 0 Å². The number of nitrogens with one attached hydrogen (secondary N) is 1. The van der Waals surface area contributed by atoms with Gasteiger partial charge in [0.25, 0.3) is 0 Å². The lowest BCUT2D eigenvalue weighted by Crippen LogP contribution is -2.11. The van der Waals surface area contributed by atoms with Gasteiger partial charge in [-0.2, -0.15) is 0 Å². The molecule has 0 radical (unpaired) electrons. The predicted molar refractivity (Wildman–Crippen MR) is 82.1 cm³/mol. The molecule has 0 aliphatic heterocycles. The Labute approximate surface area is 125 Å². The van der Waals surface area contributed by atoms with E-state index in [2.05, 4.69) is 14.9 Å². The average molecular weight is 291 g/mol. The summed E-state index contributed by atoms with van der Waals surface area (Å²) < 4.78 is 20.3. The first-order valence-corrected chi connectivity index (χ1v) is 7.20. The van der Waals surface area contributed by atoms with Crippen molar-refractivity contribution in [1.29, 1.82) is 0 Å². The van der Waals surface area contributed by atoms with E-state index in [4.69, 9.17) is 4.74 Å². The minimum Gasteiger partial charge on any atom is -0.385 e. The van der Waals surface area contributed by atoms with Crippen LogP contribution < -0.4 is 5.32 Å². The Morgan fingerprint density at radius 1 is 1.38 bits per heavy atom. The average Bonchev–Trinajstić information content (AvgIpc) is 2.80. The molecule has 0 aliphatic carbocycles. The maximum absolute atomic E-state index is 13.1. The molecule has 1 heterocycles. The molecule has 0 fully saturated rings. The molecule has 1 aromatic heterocycles. The SMILES string of the molecule is COCCCn1cc(C)nc1NCCc1cccc(F)c1. The molecule has 0 bridgehead atoms. The fourth-order valence-corrected chi connectivity index (χ4v) is 2.25. The topological polar surface area (TPSA) is 39.1 Å². The highest BCUT2D eigenvalue weighted by molar-refractivity contribution is 5.29. The molecule has 0 saturated carbocycles. The van der Waals surface area contributed by atoms with Crippen LogP contribution in [0.4, 0.5) is 10.3 Å². The zero-order valence-electron chi connectivity index (χ0n) is 12.6. The largest absolute Gasteiger partial charge is 0.385 e. The molecular weight excluding hydrogens is 269 g/mol. The second-order valence-corrected chi connectivity index (χ2v) is 5.05. The van der Waals surface area contributed by atoms with E-state index in [-0.39, 0.29) is 5.82 Å². The number of anilines is 1. The van der Waals surface area contributed by atoms with Gasteiger partial charge in [0, 0.05) is 33.0 Å². The van der Waals surface area contributed by atoms with E-state index in [9.17, 15) is 4.39 Å². The maximum atomic E-state index is 13.1. The van der Waals surface area contributed by atoms with Crippen LogP contribution in [0.3, 0.4) is 0 Å². The van der Waals surface area contributed by atoms with E-state index < -0.39 is 0 Å². The molecule has 0 amide bonds. The van der Waals surface area contributed by atoms with Gasteiger partial charge in [-0.05, 0) is 37.5 Å². The smallest absolute Gasteiger partial charge is 0.203 e. The van der Waals surface area contributed by atoms with Crippen molar-refractivity contribution >= 4 is 5.95 Å². The molecule has 5 heteroatoms. The molecular formula is C16H22FN3O. The van der Waals surface area contributed by atoms with Crippen LogP contribution in [-0.2, 0) is 17.7 Å². The van der Waals surface area contributed by atoms with Gasteiger partial charge in [-0.15, -0.1) is 0 Å². The van der Waals surface area contributed by atoms with Gasteiger partial charge >= 0.3 is 0 Å². The molecule has 2 rings (SSSR count). The normalized spacial score (nSPS) is 10.8. The van der Waals surface area contributed by atoms with Crippen molar-refractivity contribution in [2.45, 2.75) is 26.3 Å². The van der Waals surface area contributed by atoms with Crippen molar-refractivity contribution in [3.63, 3.8) is 0 Å². The van der Waals surface area contributed by atoms with Crippen molar-refractivity contribution < 1.29 is 9.13 Å². The zero-order valence-corrected chi connectivity index (χ0v) is 12.6. The molecule has 0 atom stereocenters. The minimum absolute atomic E-state index is 0.190. The highest BCUT2D eigenvalue weighted by Crippen LogP contribution is 2.10. The summed E-state index contributed by atoms with van der Waals surface area (Å²) in [5.41, 5.74) is 1.97. The predicted octanol–water partition coefficient (Wildman–Crippen LogP) is 3.02. The summed E-state index contributed by atoms with van der Waals surface area (Å²) in [4.78, 5) is 4.48.